The summed E-state index contributed by atoms with van der Waals surface area (Å²) in [5, 5.41) is 0. The molecule has 3 atom stereocenters. The molecule has 0 N–H and O–H groups in total. The lowest BCUT2D eigenvalue weighted by Gasteiger charge is -2.29. The number of carbonyl (C=O) groups is 1. The van der Waals surface area contributed by atoms with Gasteiger partial charge in [-0.15, -0.1) is 0 Å². The third-order valence-electron chi connectivity index (χ3n) is 3.91. The summed E-state index contributed by atoms with van der Waals surface area (Å²) in [6, 6.07) is 0. The zero-order valence-corrected chi connectivity index (χ0v) is 9.79. The third-order valence-corrected chi connectivity index (χ3v) is 3.91. The third kappa shape index (κ3) is 1.89. The van der Waals surface area contributed by atoms with Crippen LogP contribution in [-0.2, 0) is 14.3 Å². The number of hydrogen-bond acceptors (Lipinski definition) is 3. The summed E-state index contributed by atoms with van der Waals surface area (Å²) in [6.07, 6.45) is 4.23. The predicted octanol–water partition coefficient (Wildman–Crippen LogP) is 2.14. The summed E-state index contributed by atoms with van der Waals surface area (Å²) in [7, 11) is 1.43. The summed E-state index contributed by atoms with van der Waals surface area (Å²) >= 11 is 0. The summed E-state index contributed by atoms with van der Waals surface area (Å²) < 4.78 is 10.3. The van der Waals surface area contributed by atoms with Crippen molar-refractivity contribution in [2.45, 2.75) is 51.2 Å². The maximum atomic E-state index is 11.4. The van der Waals surface area contributed by atoms with Crippen LogP contribution >= 0.6 is 0 Å². The van der Waals surface area contributed by atoms with Crippen LogP contribution in [0.4, 0.5) is 0 Å². The van der Waals surface area contributed by atoms with E-state index in [0.717, 1.165) is 12.8 Å². The SMILES string of the molecule is COC(=O)C1OC12CCCC(C(C)C)C2. The van der Waals surface area contributed by atoms with Gasteiger partial charge in [-0.2, -0.15) is 0 Å². The Morgan fingerprint density at radius 3 is 2.87 bits per heavy atom. The zero-order valence-electron chi connectivity index (χ0n) is 9.79. The average Bonchev–Trinajstić information content (AvgIpc) is 2.91. The van der Waals surface area contributed by atoms with E-state index in [-0.39, 0.29) is 17.7 Å². The standard InChI is InChI=1S/C12H20O3/c1-8(2)9-5-4-6-12(7-9)10(15-12)11(13)14-3/h8-10H,4-7H2,1-3H3. The van der Waals surface area contributed by atoms with Gasteiger partial charge in [-0.25, -0.2) is 4.79 Å². The smallest absolute Gasteiger partial charge is 0.338 e. The Morgan fingerprint density at radius 1 is 1.53 bits per heavy atom. The first-order valence-corrected chi connectivity index (χ1v) is 5.85. The van der Waals surface area contributed by atoms with E-state index in [0.29, 0.717) is 11.8 Å². The van der Waals surface area contributed by atoms with Crippen molar-refractivity contribution in [2.75, 3.05) is 7.11 Å². The Labute approximate surface area is 91.1 Å². The topological polar surface area (TPSA) is 38.8 Å². The second-order valence-electron chi connectivity index (χ2n) is 5.19. The second-order valence-corrected chi connectivity index (χ2v) is 5.19. The normalized spacial score (nSPS) is 39.5. The van der Waals surface area contributed by atoms with Crippen LogP contribution < -0.4 is 0 Å². The van der Waals surface area contributed by atoms with E-state index in [4.69, 9.17) is 9.47 Å². The molecule has 1 saturated carbocycles. The van der Waals surface area contributed by atoms with E-state index in [2.05, 4.69) is 13.8 Å². The van der Waals surface area contributed by atoms with E-state index in [1.54, 1.807) is 0 Å². The zero-order chi connectivity index (χ0) is 11.1. The molecule has 86 valence electrons. The highest BCUT2D eigenvalue weighted by molar-refractivity contribution is 5.79. The first kappa shape index (κ1) is 10.9. The lowest BCUT2D eigenvalue weighted by atomic mass is 9.74. The molecule has 0 aromatic heterocycles. The number of ether oxygens (including phenoxy) is 2. The maximum Gasteiger partial charge on any atom is 0.338 e. The molecular formula is C12H20O3. The van der Waals surface area contributed by atoms with Crippen molar-refractivity contribution >= 4 is 5.97 Å². The number of hydrogen-bond donors (Lipinski definition) is 0. The van der Waals surface area contributed by atoms with Crippen LogP contribution in [0.15, 0.2) is 0 Å². The van der Waals surface area contributed by atoms with E-state index < -0.39 is 0 Å². The fourth-order valence-corrected chi connectivity index (χ4v) is 2.80. The van der Waals surface area contributed by atoms with Gasteiger partial charge in [-0.1, -0.05) is 20.3 Å². The Kier molecular flexibility index (Phi) is 2.75. The molecule has 0 aromatic carbocycles. The van der Waals surface area contributed by atoms with Gasteiger partial charge >= 0.3 is 5.97 Å². The molecular weight excluding hydrogens is 192 g/mol. The molecule has 0 aromatic rings. The lowest BCUT2D eigenvalue weighted by Crippen LogP contribution is -2.30. The molecule has 2 aliphatic rings. The predicted molar refractivity (Wildman–Crippen MR) is 56.4 cm³/mol. The Hall–Kier alpha value is -0.570. The summed E-state index contributed by atoms with van der Waals surface area (Å²) in [4.78, 5) is 11.4. The fourth-order valence-electron chi connectivity index (χ4n) is 2.80. The van der Waals surface area contributed by atoms with Crippen LogP contribution in [0.2, 0.25) is 0 Å². The monoisotopic (exact) mass is 212 g/mol. The van der Waals surface area contributed by atoms with Crippen molar-refractivity contribution in [1.82, 2.24) is 0 Å². The molecule has 3 heteroatoms. The van der Waals surface area contributed by atoms with Gasteiger partial charge in [0.25, 0.3) is 0 Å². The van der Waals surface area contributed by atoms with E-state index in [1.807, 2.05) is 0 Å². The van der Waals surface area contributed by atoms with Crippen LogP contribution in [0.25, 0.3) is 0 Å². The molecule has 3 unspecified atom stereocenters. The van der Waals surface area contributed by atoms with Crippen LogP contribution in [0.1, 0.15) is 39.5 Å². The second kappa shape index (κ2) is 3.78. The highest BCUT2D eigenvalue weighted by Gasteiger charge is 2.62. The van der Waals surface area contributed by atoms with Crippen LogP contribution in [-0.4, -0.2) is 24.8 Å². The highest BCUT2D eigenvalue weighted by atomic mass is 16.7. The molecule has 1 spiro atoms. The molecule has 1 aliphatic carbocycles. The number of epoxide rings is 1. The van der Waals surface area contributed by atoms with Gasteiger partial charge in [-0.3, -0.25) is 0 Å². The largest absolute Gasteiger partial charge is 0.467 e. The fraction of sp³-hybridized carbons (Fsp3) is 0.917. The molecule has 1 heterocycles. The van der Waals surface area contributed by atoms with Gasteiger partial charge in [0, 0.05) is 0 Å². The molecule has 15 heavy (non-hydrogen) atoms. The minimum atomic E-state index is -0.274. The van der Waals surface area contributed by atoms with Crippen LogP contribution in [0.5, 0.6) is 0 Å². The number of methoxy groups -OCH3 is 1. The molecule has 1 aliphatic heterocycles. The average molecular weight is 212 g/mol. The van der Waals surface area contributed by atoms with Crippen LogP contribution in [0.3, 0.4) is 0 Å². The molecule has 0 amide bonds. The van der Waals surface area contributed by atoms with Gasteiger partial charge < -0.3 is 9.47 Å². The molecule has 0 bridgehead atoms. The molecule has 2 fully saturated rings. The first-order valence-electron chi connectivity index (χ1n) is 5.85. The van der Waals surface area contributed by atoms with Gasteiger partial charge in [0.15, 0.2) is 6.10 Å². The highest BCUT2D eigenvalue weighted by Crippen LogP contribution is 2.51. The molecule has 1 saturated heterocycles. The van der Waals surface area contributed by atoms with E-state index in [1.165, 1.54) is 20.0 Å². The maximum absolute atomic E-state index is 11.4. The van der Waals surface area contributed by atoms with Crippen molar-refractivity contribution in [3.63, 3.8) is 0 Å². The molecule has 2 rings (SSSR count). The van der Waals surface area contributed by atoms with Crippen molar-refractivity contribution in [1.29, 1.82) is 0 Å². The van der Waals surface area contributed by atoms with Crippen molar-refractivity contribution in [3.05, 3.63) is 0 Å². The van der Waals surface area contributed by atoms with Gasteiger partial charge in [0.05, 0.1) is 7.11 Å². The Balaban J connectivity index is 1.97. The van der Waals surface area contributed by atoms with Gasteiger partial charge in [0.2, 0.25) is 0 Å². The van der Waals surface area contributed by atoms with Crippen molar-refractivity contribution in [2.24, 2.45) is 11.8 Å². The van der Waals surface area contributed by atoms with Gasteiger partial charge in [-0.05, 0) is 31.1 Å². The number of carbonyl (C=O) groups excluding carboxylic acids is 1. The summed E-state index contributed by atoms with van der Waals surface area (Å²) in [5.41, 5.74) is -0.152. The van der Waals surface area contributed by atoms with E-state index in [9.17, 15) is 4.79 Å². The van der Waals surface area contributed by atoms with Crippen molar-refractivity contribution < 1.29 is 14.3 Å². The minimum absolute atomic E-state index is 0.152. The minimum Gasteiger partial charge on any atom is -0.467 e. The van der Waals surface area contributed by atoms with Gasteiger partial charge in [0.1, 0.15) is 5.60 Å². The van der Waals surface area contributed by atoms with E-state index >= 15 is 0 Å². The first-order chi connectivity index (χ1) is 7.09. The molecule has 0 radical (unpaired) electrons. The lowest BCUT2D eigenvalue weighted by molar-refractivity contribution is -0.142. The Bertz CT molecular complexity index is 262. The molecule has 3 nitrogen and oxygen atoms in total. The Morgan fingerprint density at radius 2 is 2.27 bits per heavy atom. The summed E-state index contributed by atoms with van der Waals surface area (Å²) in [6.45, 7) is 4.50. The number of esters is 1. The van der Waals surface area contributed by atoms with Crippen LogP contribution in [0, 0.1) is 11.8 Å². The quantitative estimate of drug-likeness (QED) is 0.520. The number of rotatable bonds is 2. The van der Waals surface area contributed by atoms with Crippen molar-refractivity contribution in [3.8, 4) is 0 Å². The summed E-state index contributed by atoms with van der Waals surface area (Å²) in [5.74, 6) is 1.19.